The summed E-state index contributed by atoms with van der Waals surface area (Å²) in [5, 5.41) is 9.31. The van der Waals surface area contributed by atoms with Crippen molar-refractivity contribution >= 4 is 11.9 Å². The molecule has 0 bridgehead atoms. The molecule has 1 unspecified atom stereocenters. The fourth-order valence-corrected chi connectivity index (χ4v) is 3.13. The number of carbonyl (C=O) groups is 2. The molecule has 1 aliphatic carbocycles. The lowest BCUT2D eigenvalue weighted by Gasteiger charge is -2.39. The molecule has 1 aliphatic heterocycles. The Morgan fingerprint density at radius 2 is 1.94 bits per heavy atom. The summed E-state index contributed by atoms with van der Waals surface area (Å²) in [5.74, 6) is -0.349. The topological polar surface area (TPSA) is 57.6 Å². The lowest BCUT2D eigenvalue weighted by atomic mass is 9.67. The van der Waals surface area contributed by atoms with Crippen LogP contribution in [0, 0.1) is 11.3 Å². The van der Waals surface area contributed by atoms with E-state index >= 15 is 0 Å². The smallest absolute Gasteiger partial charge is 0.319 e. The first-order chi connectivity index (χ1) is 8.60. The van der Waals surface area contributed by atoms with Gasteiger partial charge < -0.3 is 10.0 Å². The van der Waals surface area contributed by atoms with Crippen LogP contribution in [0.25, 0.3) is 0 Å². The molecule has 0 aromatic carbocycles. The van der Waals surface area contributed by atoms with Gasteiger partial charge in [-0.05, 0) is 38.0 Å². The molecule has 102 valence electrons. The highest BCUT2D eigenvalue weighted by Crippen LogP contribution is 2.43. The maximum Gasteiger partial charge on any atom is 0.319 e. The zero-order valence-electron chi connectivity index (χ0n) is 11.2. The SMILES string of the molecule is CCC1CCCN(C(=O)C2(C(=O)O)CCC2)CC1. The second-order valence-electron chi connectivity index (χ2n) is 5.74. The number of aliphatic carboxylic acids is 1. The number of rotatable bonds is 3. The Hall–Kier alpha value is -1.06. The number of carboxylic acid groups (broad SMARTS) is 1. The molecule has 4 heteroatoms. The molecule has 1 heterocycles. The molecule has 1 amide bonds. The van der Waals surface area contributed by atoms with Crippen LogP contribution in [0.5, 0.6) is 0 Å². The van der Waals surface area contributed by atoms with E-state index in [0.717, 1.165) is 38.8 Å². The van der Waals surface area contributed by atoms with Crippen molar-refractivity contribution in [3.05, 3.63) is 0 Å². The third kappa shape index (κ3) is 2.25. The Labute approximate surface area is 108 Å². The van der Waals surface area contributed by atoms with Crippen molar-refractivity contribution in [2.24, 2.45) is 11.3 Å². The first-order valence-electron chi connectivity index (χ1n) is 7.13. The van der Waals surface area contributed by atoms with Gasteiger partial charge in [0.15, 0.2) is 0 Å². The van der Waals surface area contributed by atoms with Crippen molar-refractivity contribution in [1.29, 1.82) is 0 Å². The molecule has 0 radical (unpaired) electrons. The molecule has 2 aliphatic rings. The molecule has 0 aromatic rings. The third-order valence-corrected chi connectivity index (χ3v) is 4.74. The van der Waals surface area contributed by atoms with Gasteiger partial charge in [-0.3, -0.25) is 9.59 Å². The van der Waals surface area contributed by atoms with Crippen LogP contribution >= 0.6 is 0 Å². The third-order valence-electron chi connectivity index (χ3n) is 4.74. The predicted octanol–water partition coefficient (Wildman–Crippen LogP) is 2.28. The number of nitrogens with zero attached hydrogens (tertiary/aromatic N) is 1. The molecule has 1 N–H and O–H groups in total. The Bertz CT molecular complexity index is 336. The molecular formula is C14H23NO3. The zero-order valence-corrected chi connectivity index (χ0v) is 11.2. The fourth-order valence-electron chi connectivity index (χ4n) is 3.13. The van der Waals surface area contributed by atoms with Crippen LogP contribution < -0.4 is 0 Å². The quantitative estimate of drug-likeness (QED) is 0.785. The molecular weight excluding hydrogens is 230 g/mol. The summed E-state index contributed by atoms with van der Waals surface area (Å²) in [6, 6.07) is 0. The van der Waals surface area contributed by atoms with Crippen molar-refractivity contribution in [3.8, 4) is 0 Å². The summed E-state index contributed by atoms with van der Waals surface area (Å²) in [4.78, 5) is 25.6. The van der Waals surface area contributed by atoms with Gasteiger partial charge in [-0.2, -0.15) is 0 Å². The number of carboxylic acids is 1. The Balaban J connectivity index is 2.02. The van der Waals surface area contributed by atoms with E-state index in [2.05, 4.69) is 6.92 Å². The van der Waals surface area contributed by atoms with Gasteiger partial charge in [0.2, 0.25) is 5.91 Å². The molecule has 1 atom stereocenters. The van der Waals surface area contributed by atoms with E-state index in [1.165, 1.54) is 6.42 Å². The van der Waals surface area contributed by atoms with Crippen molar-refractivity contribution in [2.75, 3.05) is 13.1 Å². The fraction of sp³-hybridized carbons (Fsp3) is 0.857. The van der Waals surface area contributed by atoms with Crippen LogP contribution in [0.4, 0.5) is 0 Å². The molecule has 1 saturated heterocycles. The van der Waals surface area contributed by atoms with Gasteiger partial charge in [-0.25, -0.2) is 0 Å². The Morgan fingerprint density at radius 3 is 2.44 bits per heavy atom. The van der Waals surface area contributed by atoms with Gasteiger partial charge in [-0.15, -0.1) is 0 Å². The summed E-state index contributed by atoms with van der Waals surface area (Å²) >= 11 is 0. The van der Waals surface area contributed by atoms with Crippen LogP contribution in [-0.2, 0) is 9.59 Å². The summed E-state index contributed by atoms with van der Waals surface area (Å²) in [6.07, 6.45) is 6.28. The van der Waals surface area contributed by atoms with Gasteiger partial charge in [-0.1, -0.05) is 19.8 Å². The summed E-state index contributed by atoms with van der Waals surface area (Å²) < 4.78 is 0. The van der Waals surface area contributed by atoms with E-state index in [-0.39, 0.29) is 5.91 Å². The van der Waals surface area contributed by atoms with Crippen LogP contribution in [-0.4, -0.2) is 35.0 Å². The van der Waals surface area contributed by atoms with E-state index in [4.69, 9.17) is 0 Å². The predicted molar refractivity (Wildman–Crippen MR) is 68.1 cm³/mol. The molecule has 18 heavy (non-hydrogen) atoms. The van der Waals surface area contributed by atoms with Gasteiger partial charge in [0.1, 0.15) is 5.41 Å². The van der Waals surface area contributed by atoms with Crippen LogP contribution in [0.1, 0.15) is 51.9 Å². The van der Waals surface area contributed by atoms with Gasteiger partial charge in [0, 0.05) is 13.1 Å². The minimum atomic E-state index is -1.08. The lowest BCUT2D eigenvalue weighted by Crippen LogP contribution is -2.52. The minimum absolute atomic E-state index is 0.127. The molecule has 0 aromatic heterocycles. The van der Waals surface area contributed by atoms with Gasteiger partial charge in [0.05, 0.1) is 0 Å². The van der Waals surface area contributed by atoms with Crippen LogP contribution in [0.3, 0.4) is 0 Å². The maximum absolute atomic E-state index is 12.4. The summed E-state index contributed by atoms with van der Waals surface area (Å²) in [7, 11) is 0. The molecule has 4 nitrogen and oxygen atoms in total. The second-order valence-corrected chi connectivity index (χ2v) is 5.74. The summed E-state index contributed by atoms with van der Waals surface area (Å²) in [6.45, 7) is 3.67. The molecule has 0 spiro atoms. The largest absolute Gasteiger partial charge is 0.480 e. The number of carbonyl (C=O) groups excluding carboxylic acids is 1. The molecule has 2 fully saturated rings. The first-order valence-corrected chi connectivity index (χ1v) is 7.13. The first kappa shape index (κ1) is 13.4. The highest BCUT2D eigenvalue weighted by molar-refractivity contribution is 6.02. The maximum atomic E-state index is 12.4. The number of hydrogen-bond acceptors (Lipinski definition) is 2. The van der Waals surface area contributed by atoms with E-state index in [1.54, 1.807) is 0 Å². The normalized spacial score (nSPS) is 27.2. The average Bonchev–Trinajstić information content (AvgIpc) is 2.51. The van der Waals surface area contributed by atoms with Crippen molar-refractivity contribution in [1.82, 2.24) is 4.90 Å². The van der Waals surface area contributed by atoms with E-state index in [9.17, 15) is 14.7 Å². The highest BCUT2D eigenvalue weighted by atomic mass is 16.4. The van der Waals surface area contributed by atoms with E-state index in [0.29, 0.717) is 18.8 Å². The van der Waals surface area contributed by atoms with Crippen LogP contribution in [0.2, 0.25) is 0 Å². The van der Waals surface area contributed by atoms with Gasteiger partial charge >= 0.3 is 5.97 Å². The standard InChI is InChI=1S/C14H23NO3/c1-2-11-5-3-9-15(10-6-11)12(16)14(13(17)18)7-4-8-14/h11H,2-10H2,1H3,(H,17,18). The van der Waals surface area contributed by atoms with Crippen LogP contribution in [0.15, 0.2) is 0 Å². The Morgan fingerprint density at radius 1 is 1.22 bits per heavy atom. The van der Waals surface area contributed by atoms with E-state index < -0.39 is 11.4 Å². The van der Waals surface area contributed by atoms with Crippen molar-refractivity contribution in [3.63, 3.8) is 0 Å². The number of hydrogen-bond donors (Lipinski definition) is 1. The zero-order chi connectivity index (χ0) is 13.2. The molecule has 2 rings (SSSR count). The van der Waals surface area contributed by atoms with E-state index in [1.807, 2.05) is 4.90 Å². The minimum Gasteiger partial charge on any atom is -0.480 e. The summed E-state index contributed by atoms with van der Waals surface area (Å²) in [5.41, 5.74) is -1.08. The second kappa shape index (κ2) is 5.29. The lowest BCUT2D eigenvalue weighted by molar-refractivity contribution is -0.167. The van der Waals surface area contributed by atoms with Crippen molar-refractivity contribution < 1.29 is 14.7 Å². The van der Waals surface area contributed by atoms with Crippen molar-refractivity contribution in [2.45, 2.75) is 51.9 Å². The number of likely N-dealkylation sites (tertiary alicyclic amines) is 1. The Kier molecular flexibility index (Phi) is 3.93. The molecule has 1 saturated carbocycles. The van der Waals surface area contributed by atoms with Gasteiger partial charge in [0.25, 0.3) is 0 Å². The highest BCUT2D eigenvalue weighted by Gasteiger charge is 2.52. The monoisotopic (exact) mass is 253 g/mol. The number of amides is 1. The average molecular weight is 253 g/mol.